The Morgan fingerprint density at radius 1 is 1.04 bits per heavy atom. The van der Waals surface area contributed by atoms with Crippen LogP contribution in [0.4, 0.5) is 0 Å². The molecule has 0 amide bonds. The number of allylic oxidation sites excluding steroid dienone is 2. The van der Waals surface area contributed by atoms with Crippen molar-refractivity contribution in [1.82, 2.24) is 0 Å². The summed E-state index contributed by atoms with van der Waals surface area (Å²) in [5.74, 6) is 0.877. The monoisotopic (exact) mass is 315 g/mol. The highest BCUT2D eigenvalue weighted by Crippen LogP contribution is 2.32. The molecule has 1 aliphatic rings. The Morgan fingerprint density at radius 2 is 1.79 bits per heavy atom. The molecule has 0 saturated heterocycles. The average Bonchev–Trinajstić information content (AvgIpc) is 3.13. The van der Waals surface area contributed by atoms with Crippen molar-refractivity contribution in [3.63, 3.8) is 0 Å². The van der Waals surface area contributed by atoms with E-state index in [-0.39, 0.29) is 0 Å². The zero-order valence-corrected chi connectivity index (χ0v) is 14.0. The Bertz CT molecular complexity index is 802. The molecule has 2 aromatic rings. The quantitative estimate of drug-likeness (QED) is 0.687. The van der Waals surface area contributed by atoms with Crippen LogP contribution in [0.5, 0.6) is 5.75 Å². The Kier molecular flexibility index (Phi) is 5.13. The van der Waals surface area contributed by atoms with E-state index in [2.05, 4.69) is 18.2 Å². The van der Waals surface area contributed by atoms with Gasteiger partial charge in [-0.2, -0.15) is 5.26 Å². The van der Waals surface area contributed by atoms with Gasteiger partial charge in [0.25, 0.3) is 0 Å². The maximum atomic E-state index is 9.20. The molecule has 0 bridgehead atoms. The molecular formula is C22H21NO. The van der Waals surface area contributed by atoms with Gasteiger partial charge in [0.2, 0.25) is 0 Å². The molecule has 1 fully saturated rings. The van der Waals surface area contributed by atoms with Gasteiger partial charge in [-0.05, 0) is 54.5 Å². The molecule has 2 aromatic carbocycles. The van der Waals surface area contributed by atoms with Crippen molar-refractivity contribution in [1.29, 1.82) is 5.26 Å². The number of ether oxygens (including phenoxy) is 1. The SMILES string of the molecule is COc1ccc(/C(=C/C#N)c2ccccc2)cc1C=C1CCCC1. The first-order chi connectivity index (χ1) is 11.8. The molecule has 0 N–H and O–H groups in total. The first-order valence-corrected chi connectivity index (χ1v) is 8.35. The average molecular weight is 315 g/mol. The summed E-state index contributed by atoms with van der Waals surface area (Å²) in [6, 6.07) is 18.3. The number of rotatable bonds is 4. The fourth-order valence-electron chi connectivity index (χ4n) is 3.22. The minimum absolute atomic E-state index is 0.877. The van der Waals surface area contributed by atoms with Crippen molar-refractivity contribution in [2.24, 2.45) is 0 Å². The van der Waals surface area contributed by atoms with Gasteiger partial charge in [0.1, 0.15) is 5.75 Å². The highest BCUT2D eigenvalue weighted by atomic mass is 16.5. The Hall–Kier alpha value is -2.79. The van der Waals surface area contributed by atoms with E-state index >= 15 is 0 Å². The second kappa shape index (κ2) is 7.66. The molecule has 120 valence electrons. The lowest BCUT2D eigenvalue weighted by Gasteiger charge is -2.12. The molecule has 24 heavy (non-hydrogen) atoms. The molecule has 1 aliphatic carbocycles. The third-order valence-corrected chi connectivity index (χ3v) is 4.44. The van der Waals surface area contributed by atoms with Gasteiger partial charge in [-0.25, -0.2) is 0 Å². The number of hydrogen-bond donors (Lipinski definition) is 0. The van der Waals surface area contributed by atoms with Gasteiger partial charge >= 0.3 is 0 Å². The standard InChI is InChI=1S/C22H21NO/c1-24-22-12-11-19(16-20(22)15-17-7-5-6-8-17)21(13-14-23)18-9-3-2-4-10-18/h2-4,9-13,15-16H,5-8H2,1H3/b21-13+. The molecule has 0 aliphatic heterocycles. The highest BCUT2D eigenvalue weighted by molar-refractivity contribution is 5.83. The number of nitriles is 1. The lowest BCUT2D eigenvalue weighted by Crippen LogP contribution is -1.93. The number of benzene rings is 2. The molecule has 0 radical (unpaired) electrons. The fraction of sp³-hybridized carbons (Fsp3) is 0.227. The molecule has 1 saturated carbocycles. The van der Waals surface area contributed by atoms with Crippen LogP contribution < -0.4 is 4.74 Å². The van der Waals surface area contributed by atoms with Gasteiger partial charge < -0.3 is 4.74 Å². The normalized spacial score (nSPS) is 14.3. The first kappa shape index (κ1) is 16.1. The fourth-order valence-corrected chi connectivity index (χ4v) is 3.22. The molecule has 2 nitrogen and oxygen atoms in total. The number of methoxy groups -OCH3 is 1. The summed E-state index contributed by atoms with van der Waals surface area (Å²) in [4.78, 5) is 0. The molecule has 0 spiro atoms. The second-order valence-electron chi connectivity index (χ2n) is 6.02. The topological polar surface area (TPSA) is 33.0 Å². The van der Waals surface area contributed by atoms with Crippen molar-refractivity contribution < 1.29 is 4.74 Å². The predicted octanol–water partition coefficient (Wildman–Crippen LogP) is 5.61. The van der Waals surface area contributed by atoms with E-state index in [9.17, 15) is 5.26 Å². The molecule has 0 heterocycles. The summed E-state index contributed by atoms with van der Waals surface area (Å²) in [7, 11) is 1.70. The molecule has 2 heteroatoms. The van der Waals surface area contributed by atoms with Crippen LogP contribution in [0.15, 0.2) is 60.2 Å². The van der Waals surface area contributed by atoms with Crippen LogP contribution in [0.25, 0.3) is 11.6 Å². The molecular weight excluding hydrogens is 294 g/mol. The van der Waals surface area contributed by atoms with Crippen molar-refractivity contribution in [2.75, 3.05) is 7.11 Å². The van der Waals surface area contributed by atoms with Crippen LogP contribution in [-0.2, 0) is 0 Å². The van der Waals surface area contributed by atoms with Gasteiger partial charge in [0.15, 0.2) is 0 Å². The van der Waals surface area contributed by atoms with E-state index in [0.717, 1.165) is 28.0 Å². The lowest BCUT2D eigenvalue weighted by atomic mass is 9.95. The van der Waals surface area contributed by atoms with Gasteiger partial charge in [-0.15, -0.1) is 0 Å². The molecule has 0 aromatic heterocycles. The minimum atomic E-state index is 0.877. The Morgan fingerprint density at radius 3 is 2.46 bits per heavy atom. The van der Waals surface area contributed by atoms with E-state index < -0.39 is 0 Å². The van der Waals surface area contributed by atoms with Crippen molar-refractivity contribution in [2.45, 2.75) is 25.7 Å². The number of hydrogen-bond acceptors (Lipinski definition) is 2. The largest absolute Gasteiger partial charge is 0.496 e. The van der Waals surface area contributed by atoms with Crippen LogP contribution in [0.3, 0.4) is 0 Å². The van der Waals surface area contributed by atoms with Crippen LogP contribution >= 0.6 is 0 Å². The first-order valence-electron chi connectivity index (χ1n) is 8.35. The smallest absolute Gasteiger partial charge is 0.126 e. The van der Waals surface area contributed by atoms with Gasteiger partial charge in [-0.1, -0.05) is 48.0 Å². The minimum Gasteiger partial charge on any atom is -0.496 e. The van der Waals surface area contributed by atoms with Crippen LogP contribution in [-0.4, -0.2) is 7.11 Å². The second-order valence-corrected chi connectivity index (χ2v) is 6.02. The maximum absolute atomic E-state index is 9.20. The Balaban J connectivity index is 2.06. The molecule has 0 unspecified atom stereocenters. The van der Waals surface area contributed by atoms with Crippen molar-refractivity contribution >= 4 is 11.6 Å². The summed E-state index contributed by atoms with van der Waals surface area (Å²) in [5.41, 5.74) is 5.59. The van der Waals surface area contributed by atoms with Gasteiger partial charge in [0, 0.05) is 11.6 Å². The Labute approximate surface area is 143 Å². The zero-order chi connectivity index (χ0) is 16.8. The zero-order valence-electron chi connectivity index (χ0n) is 14.0. The van der Waals surface area contributed by atoms with E-state index in [0.29, 0.717) is 0 Å². The summed E-state index contributed by atoms with van der Waals surface area (Å²) in [6.07, 6.45) is 8.77. The van der Waals surface area contributed by atoms with E-state index in [1.54, 1.807) is 13.2 Å². The van der Waals surface area contributed by atoms with Gasteiger partial charge in [0.05, 0.1) is 13.2 Å². The van der Waals surface area contributed by atoms with Gasteiger partial charge in [-0.3, -0.25) is 0 Å². The summed E-state index contributed by atoms with van der Waals surface area (Å²) in [5, 5.41) is 9.20. The maximum Gasteiger partial charge on any atom is 0.126 e. The third-order valence-electron chi connectivity index (χ3n) is 4.44. The third kappa shape index (κ3) is 3.58. The molecule has 3 rings (SSSR count). The van der Waals surface area contributed by atoms with Crippen LogP contribution in [0, 0.1) is 11.3 Å². The van der Waals surface area contributed by atoms with E-state index in [4.69, 9.17) is 4.74 Å². The summed E-state index contributed by atoms with van der Waals surface area (Å²) in [6.45, 7) is 0. The highest BCUT2D eigenvalue weighted by Gasteiger charge is 2.11. The summed E-state index contributed by atoms with van der Waals surface area (Å²) < 4.78 is 5.53. The van der Waals surface area contributed by atoms with Crippen molar-refractivity contribution in [3.05, 3.63) is 76.9 Å². The lowest BCUT2D eigenvalue weighted by molar-refractivity contribution is 0.414. The van der Waals surface area contributed by atoms with E-state index in [1.807, 2.05) is 42.5 Å². The molecule has 0 atom stereocenters. The van der Waals surface area contributed by atoms with Crippen LogP contribution in [0.2, 0.25) is 0 Å². The number of nitrogens with zero attached hydrogens (tertiary/aromatic N) is 1. The predicted molar refractivity (Wildman–Crippen MR) is 98.6 cm³/mol. The van der Waals surface area contributed by atoms with Crippen molar-refractivity contribution in [3.8, 4) is 11.8 Å². The van der Waals surface area contributed by atoms with E-state index in [1.165, 1.54) is 31.3 Å². The van der Waals surface area contributed by atoms with Crippen LogP contribution in [0.1, 0.15) is 42.4 Å². The summed E-state index contributed by atoms with van der Waals surface area (Å²) >= 11 is 0.